The molecule has 0 aromatic heterocycles. The van der Waals surface area contributed by atoms with Crippen LogP contribution in [-0.2, 0) is 19.4 Å². The number of anilines is 1. The third-order valence-electron chi connectivity index (χ3n) is 5.40. The number of esters is 1. The number of sulfone groups is 1. The Morgan fingerprint density at radius 2 is 1.96 bits per heavy atom. The topological polar surface area (TPSA) is 84.0 Å². The number of carbonyl (C=O) groups is 2. The lowest BCUT2D eigenvalue weighted by atomic mass is 9.94. The molecule has 0 N–H and O–H groups in total. The normalized spacial score (nSPS) is 18.0. The number of amides is 1. The van der Waals surface area contributed by atoms with Crippen LogP contribution in [0.15, 0.2) is 23.1 Å². The maximum absolute atomic E-state index is 12.7. The van der Waals surface area contributed by atoms with Gasteiger partial charge in [-0.2, -0.15) is 0 Å². The summed E-state index contributed by atoms with van der Waals surface area (Å²) in [6.45, 7) is 1.60. The van der Waals surface area contributed by atoms with Crippen LogP contribution < -0.4 is 9.64 Å². The molecule has 1 saturated carbocycles. The van der Waals surface area contributed by atoms with Gasteiger partial charge in [-0.1, -0.05) is 26.2 Å². The van der Waals surface area contributed by atoms with Crippen LogP contribution in [0, 0.1) is 0 Å². The Morgan fingerprint density at radius 3 is 2.63 bits per heavy atom. The summed E-state index contributed by atoms with van der Waals surface area (Å²) in [4.78, 5) is 28.3. The van der Waals surface area contributed by atoms with Crippen LogP contribution >= 0.6 is 0 Å². The van der Waals surface area contributed by atoms with Crippen molar-refractivity contribution < 1.29 is 22.7 Å². The second kappa shape index (κ2) is 7.88. The minimum absolute atomic E-state index is 0.0306. The van der Waals surface area contributed by atoms with Gasteiger partial charge in [-0.3, -0.25) is 4.79 Å². The molecular formula is C19H26N2O5S. The van der Waals surface area contributed by atoms with Crippen LogP contribution in [-0.4, -0.2) is 57.1 Å². The van der Waals surface area contributed by atoms with Crippen molar-refractivity contribution in [2.45, 2.75) is 50.0 Å². The van der Waals surface area contributed by atoms with E-state index >= 15 is 0 Å². The molecule has 148 valence electrons. The first-order chi connectivity index (χ1) is 12.8. The molecular weight excluding hydrogens is 368 g/mol. The summed E-state index contributed by atoms with van der Waals surface area (Å²) in [5.74, 6) is -0.392. The summed E-state index contributed by atoms with van der Waals surface area (Å²) < 4.78 is 29.4. The van der Waals surface area contributed by atoms with Crippen LogP contribution in [0.4, 0.5) is 5.69 Å². The van der Waals surface area contributed by atoms with Gasteiger partial charge in [0.05, 0.1) is 22.9 Å². The molecule has 1 aromatic rings. The Labute approximate surface area is 160 Å². The number of ether oxygens (including phenoxy) is 1. The molecule has 0 bridgehead atoms. The van der Waals surface area contributed by atoms with Crippen molar-refractivity contribution in [3.63, 3.8) is 0 Å². The number of hydrogen-bond acceptors (Lipinski definition) is 6. The van der Waals surface area contributed by atoms with Crippen molar-refractivity contribution >= 4 is 27.4 Å². The van der Waals surface area contributed by atoms with Crippen molar-refractivity contribution in [2.24, 2.45) is 0 Å². The van der Waals surface area contributed by atoms with E-state index in [1.54, 1.807) is 22.8 Å². The highest BCUT2D eigenvalue weighted by Crippen LogP contribution is 2.34. The predicted molar refractivity (Wildman–Crippen MR) is 102 cm³/mol. The third kappa shape index (κ3) is 4.26. The molecule has 2 aliphatic rings. The summed E-state index contributed by atoms with van der Waals surface area (Å²) >= 11 is 0. The number of nitrogens with zero attached hydrogens (tertiary/aromatic N) is 2. The maximum Gasteiger partial charge on any atom is 0.331 e. The van der Waals surface area contributed by atoms with Gasteiger partial charge < -0.3 is 14.5 Å². The minimum atomic E-state index is -3.40. The second-order valence-corrected chi connectivity index (χ2v) is 9.44. The lowest BCUT2D eigenvalue weighted by molar-refractivity contribution is -0.134. The van der Waals surface area contributed by atoms with Gasteiger partial charge in [0.2, 0.25) is 5.91 Å². The van der Waals surface area contributed by atoms with E-state index in [0.717, 1.165) is 25.7 Å². The van der Waals surface area contributed by atoms with Crippen LogP contribution in [0.1, 0.15) is 39.0 Å². The maximum atomic E-state index is 12.7. The zero-order valence-corrected chi connectivity index (χ0v) is 16.6. The smallest absolute Gasteiger partial charge is 0.331 e. The average Bonchev–Trinajstić information content (AvgIpc) is 2.67. The number of hydrogen-bond donors (Lipinski definition) is 0. The van der Waals surface area contributed by atoms with E-state index < -0.39 is 15.8 Å². The SMILES string of the molecule is CCS(=O)(=O)c1ccc2c(c1)OC(=O)CN2CC(=O)N(C)C1CCCCC1. The summed E-state index contributed by atoms with van der Waals surface area (Å²) in [6.07, 6.45) is 5.51. The van der Waals surface area contributed by atoms with E-state index in [1.807, 2.05) is 7.05 Å². The highest BCUT2D eigenvalue weighted by atomic mass is 32.2. The van der Waals surface area contributed by atoms with Crippen molar-refractivity contribution in [3.05, 3.63) is 18.2 Å². The van der Waals surface area contributed by atoms with Crippen LogP contribution in [0.25, 0.3) is 0 Å². The Kier molecular flexibility index (Phi) is 5.74. The molecule has 0 radical (unpaired) electrons. The van der Waals surface area contributed by atoms with Gasteiger partial charge in [0.15, 0.2) is 15.6 Å². The first kappa shape index (κ1) is 19.7. The van der Waals surface area contributed by atoms with E-state index in [4.69, 9.17) is 4.74 Å². The highest BCUT2D eigenvalue weighted by Gasteiger charge is 2.30. The number of benzene rings is 1. The lowest BCUT2D eigenvalue weighted by Gasteiger charge is -2.35. The lowest BCUT2D eigenvalue weighted by Crippen LogP contribution is -2.47. The van der Waals surface area contributed by atoms with Gasteiger partial charge in [-0.25, -0.2) is 13.2 Å². The molecule has 0 spiro atoms. The van der Waals surface area contributed by atoms with Gasteiger partial charge in [0.1, 0.15) is 6.54 Å². The number of fused-ring (bicyclic) bond motifs is 1. The minimum Gasteiger partial charge on any atom is -0.423 e. The van der Waals surface area contributed by atoms with Gasteiger partial charge in [0.25, 0.3) is 0 Å². The van der Waals surface area contributed by atoms with E-state index in [-0.39, 0.29) is 41.4 Å². The van der Waals surface area contributed by atoms with E-state index in [1.165, 1.54) is 18.6 Å². The van der Waals surface area contributed by atoms with Gasteiger partial charge in [-0.05, 0) is 25.0 Å². The van der Waals surface area contributed by atoms with E-state index in [0.29, 0.717) is 5.69 Å². The Bertz CT molecular complexity index is 831. The Morgan fingerprint density at radius 1 is 1.26 bits per heavy atom. The highest BCUT2D eigenvalue weighted by molar-refractivity contribution is 7.91. The molecule has 0 atom stereocenters. The van der Waals surface area contributed by atoms with Crippen molar-refractivity contribution in [1.29, 1.82) is 0 Å². The molecule has 1 aromatic carbocycles. The van der Waals surface area contributed by atoms with E-state index in [9.17, 15) is 18.0 Å². The molecule has 1 aliphatic carbocycles. The van der Waals surface area contributed by atoms with Crippen molar-refractivity contribution in [2.75, 3.05) is 30.8 Å². The molecule has 1 heterocycles. The van der Waals surface area contributed by atoms with Gasteiger partial charge in [-0.15, -0.1) is 0 Å². The Hall–Kier alpha value is -2.09. The molecule has 1 fully saturated rings. The molecule has 8 heteroatoms. The number of rotatable bonds is 5. The van der Waals surface area contributed by atoms with Crippen LogP contribution in [0.5, 0.6) is 5.75 Å². The molecule has 7 nitrogen and oxygen atoms in total. The molecule has 0 saturated heterocycles. The fourth-order valence-corrected chi connectivity index (χ4v) is 4.58. The summed E-state index contributed by atoms with van der Waals surface area (Å²) in [7, 11) is -1.58. The fourth-order valence-electron chi connectivity index (χ4n) is 3.68. The Balaban J connectivity index is 1.79. The summed E-state index contributed by atoms with van der Waals surface area (Å²) in [5.41, 5.74) is 0.565. The summed E-state index contributed by atoms with van der Waals surface area (Å²) in [6, 6.07) is 4.73. The van der Waals surface area contributed by atoms with Crippen molar-refractivity contribution in [1.82, 2.24) is 4.90 Å². The average molecular weight is 394 g/mol. The van der Waals surface area contributed by atoms with E-state index in [2.05, 4.69) is 0 Å². The van der Waals surface area contributed by atoms with Crippen LogP contribution in [0.2, 0.25) is 0 Å². The zero-order valence-electron chi connectivity index (χ0n) is 15.8. The predicted octanol–water partition coefficient (Wildman–Crippen LogP) is 2.00. The zero-order chi connectivity index (χ0) is 19.6. The molecule has 1 amide bonds. The first-order valence-electron chi connectivity index (χ1n) is 9.40. The largest absolute Gasteiger partial charge is 0.423 e. The second-order valence-electron chi connectivity index (χ2n) is 7.16. The number of carbonyl (C=O) groups excluding carboxylic acids is 2. The van der Waals surface area contributed by atoms with Crippen molar-refractivity contribution in [3.8, 4) is 5.75 Å². The first-order valence-corrected chi connectivity index (χ1v) is 11.0. The summed E-state index contributed by atoms with van der Waals surface area (Å²) in [5, 5.41) is 0. The van der Waals surface area contributed by atoms with Gasteiger partial charge >= 0.3 is 5.97 Å². The fraction of sp³-hybridized carbons (Fsp3) is 0.579. The third-order valence-corrected chi connectivity index (χ3v) is 7.13. The quantitative estimate of drug-likeness (QED) is 0.561. The van der Waals surface area contributed by atoms with Crippen LogP contribution in [0.3, 0.4) is 0 Å². The standard InChI is InChI=1S/C19H26N2O5S/c1-3-27(24,25)15-9-10-16-17(11-15)26-19(23)13-21(16)12-18(22)20(2)14-7-5-4-6-8-14/h9-11,14H,3-8,12-13H2,1-2H3. The molecule has 0 unspecified atom stereocenters. The monoisotopic (exact) mass is 394 g/mol. The molecule has 1 aliphatic heterocycles. The molecule has 27 heavy (non-hydrogen) atoms. The number of likely N-dealkylation sites (N-methyl/N-ethyl adjacent to an activating group) is 1. The molecule has 3 rings (SSSR count). The van der Waals surface area contributed by atoms with Gasteiger partial charge in [0, 0.05) is 19.2 Å².